The third-order valence-electron chi connectivity index (χ3n) is 2.93. The third kappa shape index (κ3) is 7.19. The number of carbonyl (C=O) groups excluding carboxylic acids is 3. The minimum Gasteiger partial charge on any atom is -0.452 e. The first kappa shape index (κ1) is 21.6. The Morgan fingerprint density at radius 1 is 1.12 bits per heavy atom. The Hall–Kier alpha value is -2.46. The maximum absolute atomic E-state index is 12.1. The molecule has 0 saturated heterocycles. The lowest BCUT2D eigenvalue weighted by atomic mass is 10.2. The van der Waals surface area contributed by atoms with E-state index in [1.165, 1.54) is 24.3 Å². The van der Waals surface area contributed by atoms with E-state index in [1.807, 2.05) is 0 Å². The van der Waals surface area contributed by atoms with Crippen LogP contribution in [0.2, 0.25) is 0 Å². The molecule has 0 bridgehead atoms. The van der Waals surface area contributed by atoms with Crippen LogP contribution in [0.5, 0.6) is 0 Å². The zero-order valence-corrected chi connectivity index (χ0v) is 15.7. The molecule has 1 rings (SSSR count). The normalized spacial score (nSPS) is 11.1. The van der Waals surface area contributed by atoms with Crippen molar-refractivity contribution in [3.05, 3.63) is 29.8 Å². The minimum absolute atomic E-state index is 0.00634. The Labute approximate surface area is 152 Å². The van der Waals surface area contributed by atoms with Gasteiger partial charge in [0.05, 0.1) is 17.0 Å². The van der Waals surface area contributed by atoms with Gasteiger partial charge in [-0.05, 0) is 39.0 Å². The second-order valence-electron chi connectivity index (χ2n) is 5.61. The number of benzene rings is 1. The van der Waals surface area contributed by atoms with Gasteiger partial charge in [0, 0.05) is 12.6 Å². The van der Waals surface area contributed by atoms with Crippen LogP contribution < -0.4 is 15.4 Å². The molecule has 9 nitrogen and oxygen atoms in total. The highest BCUT2D eigenvalue weighted by Gasteiger charge is 2.18. The van der Waals surface area contributed by atoms with E-state index < -0.39 is 28.5 Å². The van der Waals surface area contributed by atoms with Crippen LogP contribution in [0.15, 0.2) is 29.2 Å². The average molecular weight is 385 g/mol. The Bertz CT molecular complexity index is 761. The molecule has 0 atom stereocenters. The van der Waals surface area contributed by atoms with Crippen molar-refractivity contribution in [2.75, 3.05) is 19.7 Å². The van der Waals surface area contributed by atoms with E-state index in [1.54, 1.807) is 20.8 Å². The summed E-state index contributed by atoms with van der Waals surface area (Å²) in [6.45, 7) is 4.73. The molecular weight excluding hydrogens is 362 g/mol. The van der Waals surface area contributed by atoms with Gasteiger partial charge in [0.1, 0.15) is 0 Å². The van der Waals surface area contributed by atoms with Gasteiger partial charge < -0.3 is 15.4 Å². The predicted octanol–water partition coefficient (Wildman–Crippen LogP) is -0.218. The van der Waals surface area contributed by atoms with Gasteiger partial charge >= 0.3 is 5.97 Å². The molecule has 0 fully saturated rings. The number of ether oxygens (including phenoxy) is 1. The van der Waals surface area contributed by atoms with Crippen molar-refractivity contribution in [2.45, 2.75) is 31.7 Å². The summed E-state index contributed by atoms with van der Waals surface area (Å²) >= 11 is 0. The van der Waals surface area contributed by atoms with Crippen molar-refractivity contribution in [3.8, 4) is 0 Å². The Morgan fingerprint density at radius 3 is 2.42 bits per heavy atom. The van der Waals surface area contributed by atoms with Crippen LogP contribution in [-0.2, 0) is 24.3 Å². The fourth-order valence-electron chi connectivity index (χ4n) is 1.87. The molecule has 0 aliphatic rings. The molecule has 1 aromatic carbocycles. The van der Waals surface area contributed by atoms with E-state index in [-0.39, 0.29) is 29.0 Å². The van der Waals surface area contributed by atoms with Crippen molar-refractivity contribution in [3.63, 3.8) is 0 Å². The summed E-state index contributed by atoms with van der Waals surface area (Å²) in [4.78, 5) is 34.7. The molecule has 2 amide bonds. The summed E-state index contributed by atoms with van der Waals surface area (Å²) < 4.78 is 31.5. The third-order valence-corrected chi connectivity index (χ3v) is 4.58. The lowest BCUT2D eigenvalue weighted by Gasteiger charge is -2.10. The standard InChI is InChI=1S/C16H23N3O6S/c1-4-17-14(20)9-18-15(21)10-25-16(22)12-6-5-7-13(8-12)26(23,24)19-11(2)3/h5-8,11,19H,4,9-10H2,1-3H3,(H,17,20)(H,18,21). The Kier molecular flexibility index (Phi) is 8.20. The van der Waals surface area contributed by atoms with Gasteiger partial charge in [-0.3, -0.25) is 9.59 Å². The SMILES string of the molecule is CCNC(=O)CNC(=O)COC(=O)c1cccc(S(=O)(=O)NC(C)C)c1. The quantitative estimate of drug-likeness (QED) is 0.504. The van der Waals surface area contributed by atoms with E-state index in [9.17, 15) is 22.8 Å². The minimum atomic E-state index is -3.75. The molecule has 0 aliphatic carbocycles. The van der Waals surface area contributed by atoms with Gasteiger partial charge in [0.25, 0.3) is 5.91 Å². The van der Waals surface area contributed by atoms with Crippen LogP contribution in [0.25, 0.3) is 0 Å². The molecular formula is C16H23N3O6S. The number of esters is 1. The van der Waals surface area contributed by atoms with Crippen molar-refractivity contribution >= 4 is 27.8 Å². The number of amides is 2. The van der Waals surface area contributed by atoms with Crippen LogP contribution in [0.1, 0.15) is 31.1 Å². The van der Waals surface area contributed by atoms with E-state index in [0.29, 0.717) is 6.54 Å². The van der Waals surface area contributed by atoms with Gasteiger partial charge in [-0.2, -0.15) is 0 Å². The summed E-state index contributed by atoms with van der Waals surface area (Å²) in [6, 6.07) is 4.99. The zero-order valence-electron chi connectivity index (χ0n) is 14.9. The first-order valence-electron chi connectivity index (χ1n) is 7.98. The number of carbonyl (C=O) groups is 3. The summed E-state index contributed by atoms with van der Waals surface area (Å²) in [6.07, 6.45) is 0. The average Bonchev–Trinajstić information content (AvgIpc) is 2.57. The molecule has 3 N–H and O–H groups in total. The number of rotatable bonds is 9. The van der Waals surface area contributed by atoms with Gasteiger partial charge in [-0.25, -0.2) is 17.9 Å². The number of likely N-dealkylation sites (N-methyl/N-ethyl adjacent to an activating group) is 1. The molecule has 0 spiro atoms. The van der Waals surface area contributed by atoms with Crippen LogP contribution in [0.3, 0.4) is 0 Å². The second kappa shape index (κ2) is 9.88. The molecule has 10 heteroatoms. The number of nitrogens with one attached hydrogen (secondary N) is 3. The van der Waals surface area contributed by atoms with Gasteiger partial charge in [-0.15, -0.1) is 0 Å². The Morgan fingerprint density at radius 2 is 1.81 bits per heavy atom. The summed E-state index contributed by atoms with van der Waals surface area (Å²) in [5.74, 6) is -1.85. The summed E-state index contributed by atoms with van der Waals surface area (Å²) in [7, 11) is -3.75. The van der Waals surface area contributed by atoms with Crippen molar-refractivity contribution in [1.82, 2.24) is 15.4 Å². The van der Waals surface area contributed by atoms with E-state index in [0.717, 1.165) is 0 Å². The van der Waals surface area contributed by atoms with Crippen LogP contribution in [0.4, 0.5) is 0 Å². The summed E-state index contributed by atoms with van der Waals surface area (Å²) in [5.41, 5.74) is -0.00634. The monoisotopic (exact) mass is 385 g/mol. The lowest BCUT2D eigenvalue weighted by Crippen LogP contribution is -2.38. The van der Waals surface area contributed by atoms with Crippen LogP contribution in [-0.4, -0.2) is 51.9 Å². The largest absolute Gasteiger partial charge is 0.452 e. The molecule has 26 heavy (non-hydrogen) atoms. The molecule has 0 unspecified atom stereocenters. The van der Waals surface area contributed by atoms with Gasteiger partial charge in [0.15, 0.2) is 6.61 Å². The maximum Gasteiger partial charge on any atom is 0.338 e. The van der Waals surface area contributed by atoms with E-state index in [2.05, 4.69) is 15.4 Å². The second-order valence-corrected chi connectivity index (χ2v) is 7.32. The zero-order chi connectivity index (χ0) is 19.7. The van der Waals surface area contributed by atoms with E-state index in [4.69, 9.17) is 4.74 Å². The van der Waals surface area contributed by atoms with Gasteiger partial charge in [-0.1, -0.05) is 6.07 Å². The lowest BCUT2D eigenvalue weighted by molar-refractivity contribution is -0.127. The first-order valence-corrected chi connectivity index (χ1v) is 9.47. The van der Waals surface area contributed by atoms with E-state index >= 15 is 0 Å². The molecule has 144 valence electrons. The maximum atomic E-state index is 12.1. The molecule has 0 heterocycles. The highest BCUT2D eigenvalue weighted by molar-refractivity contribution is 7.89. The highest BCUT2D eigenvalue weighted by Crippen LogP contribution is 2.13. The van der Waals surface area contributed by atoms with Crippen molar-refractivity contribution in [2.24, 2.45) is 0 Å². The molecule has 0 aliphatic heterocycles. The summed E-state index contributed by atoms with van der Waals surface area (Å²) in [5, 5.41) is 4.80. The first-order chi connectivity index (χ1) is 12.2. The van der Waals surface area contributed by atoms with Gasteiger partial charge in [0.2, 0.25) is 15.9 Å². The van der Waals surface area contributed by atoms with Crippen molar-refractivity contribution < 1.29 is 27.5 Å². The Balaban J connectivity index is 2.64. The number of hydrogen-bond donors (Lipinski definition) is 3. The fraction of sp³-hybridized carbons (Fsp3) is 0.438. The number of hydrogen-bond acceptors (Lipinski definition) is 6. The molecule has 0 saturated carbocycles. The highest BCUT2D eigenvalue weighted by atomic mass is 32.2. The molecule has 1 aromatic rings. The van der Waals surface area contributed by atoms with Crippen LogP contribution >= 0.6 is 0 Å². The van der Waals surface area contributed by atoms with Crippen molar-refractivity contribution in [1.29, 1.82) is 0 Å². The van der Waals surface area contributed by atoms with Crippen LogP contribution in [0, 0.1) is 0 Å². The fourth-order valence-corrected chi connectivity index (χ4v) is 3.17. The molecule has 0 aromatic heterocycles. The predicted molar refractivity (Wildman–Crippen MR) is 93.9 cm³/mol. The smallest absolute Gasteiger partial charge is 0.338 e. The number of sulfonamides is 1. The molecule has 0 radical (unpaired) electrons. The topological polar surface area (TPSA) is 131 Å².